The molecule has 3 rings (SSSR count). The van der Waals surface area contributed by atoms with Gasteiger partial charge in [0.1, 0.15) is 0 Å². The molecule has 0 saturated carbocycles. The van der Waals surface area contributed by atoms with Crippen molar-refractivity contribution in [1.82, 2.24) is 15.1 Å². The van der Waals surface area contributed by atoms with Crippen LogP contribution in [0.2, 0.25) is 0 Å². The van der Waals surface area contributed by atoms with Crippen LogP contribution in [0, 0.1) is 5.92 Å². The lowest BCUT2D eigenvalue weighted by Crippen LogP contribution is -2.41. The van der Waals surface area contributed by atoms with E-state index in [-0.39, 0.29) is 30.1 Å². The molecule has 2 aliphatic rings. The molecule has 7 heteroatoms. The number of amides is 3. The molecule has 2 heterocycles. The smallest absolute Gasteiger partial charge is 0.234 e. The van der Waals surface area contributed by atoms with Crippen LogP contribution in [0.3, 0.4) is 0 Å². The van der Waals surface area contributed by atoms with E-state index in [2.05, 4.69) is 10.2 Å². The first-order valence-electron chi connectivity index (χ1n) is 9.71. The standard InChI is InChI=1S/C20H28N4O3/c1-2-21-18(25)15-22-9-6-10-23(12-11-22)20(27)16-13-19(26)24(14-16)17-7-4-3-5-8-17/h3-5,7-8,16H,2,6,9-15H2,1H3,(H,21,25). The molecule has 1 atom stereocenters. The number of likely N-dealkylation sites (N-methyl/N-ethyl adjacent to an activating group) is 1. The highest BCUT2D eigenvalue weighted by Gasteiger charge is 2.37. The van der Waals surface area contributed by atoms with Crippen molar-refractivity contribution >= 4 is 23.4 Å². The molecule has 1 N–H and O–H groups in total. The Hall–Kier alpha value is -2.41. The average Bonchev–Trinajstić information content (AvgIpc) is 2.90. The summed E-state index contributed by atoms with van der Waals surface area (Å²) in [5.41, 5.74) is 0.849. The van der Waals surface area contributed by atoms with Crippen LogP contribution in [-0.4, -0.2) is 73.3 Å². The van der Waals surface area contributed by atoms with Crippen molar-refractivity contribution < 1.29 is 14.4 Å². The molecule has 0 spiro atoms. The number of hydrogen-bond donors (Lipinski definition) is 1. The molecule has 1 aromatic rings. The summed E-state index contributed by atoms with van der Waals surface area (Å²) in [6.07, 6.45) is 1.11. The van der Waals surface area contributed by atoms with Crippen LogP contribution in [0.25, 0.3) is 0 Å². The summed E-state index contributed by atoms with van der Waals surface area (Å²) in [5.74, 6) is -0.196. The summed E-state index contributed by atoms with van der Waals surface area (Å²) in [5, 5.41) is 2.81. The largest absolute Gasteiger partial charge is 0.355 e. The number of hydrogen-bond acceptors (Lipinski definition) is 4. The van der Waals surface area contributed by atoms with Crippen LogP contribution >= 0.6 is 0 Å². The van der Waals surface area contributed by atoms with E-state index in [4.69, 9.17) is 0 Å². The molecule has 0 aliphatic carbocycles. The number of anilines is 1. The molecule has 2 fully saturated rings. The zero-order valence-corrected chi connectivity index (χ0v) is 15.9. The summed E-state index contributed by atoms with van der Waals surface area (Å²) in [6.45, 7) is 6.13. The molecule has 0 radical (unpaired) electrons. The first kappa shape index (κ1) is 19.4. The van der Waals surface area contributed by atoms with E-state index >= 15 is 0 Å². The maximum absolute atomic E-state index is 13.0. The van der Waals surface area contributed by atoms with Crippen molar-refractivity contribution in [1.29, 1.82) is 0 Å². The van der Waals surface area contributed by atoms with Gasteiger partial charge in [-0.1, -0.05) is 18.2 Å². The molecule has 1 unspecified atom stereocenters. The molecule has 0 bridgehead atoms. The SMILES string of the molecule is CCNC(=O)CN1CCCN(C(=O)C2CC(=O)N(c3ccccc3)C2)CC1. The second kappa shape index (κ2) is 8.99. The minimum absolute atomic E-state index is 0.00670. The highest BCUT2D eigenvalue weighted by atomic mass is 16.2. The number of carbonyl (C=O) groups excluding carboxylic acids is 3. The molecule has 3 amide bonds. The topological polar surface area (TPSA) is 73.0 Å². The van der Waals surface area contributed by atoms with Crippen molar-refractivity contribution in [2.24, 2.45) is 5.92 Å². The zero-order chi connectivity index (χ0) is 19.2. The third-order valence-corrected chi connectivity index (χ3v) is 5.18. The second-order valence-corrected chi connectivity index (χ2v) is 7.15. The van der Waals surface area contributed by atoms with Crippen molar-refractivity contribution in [3.8, 4) is 0 Å². The first-order valence-corrected chi connectivity index (χ1v) is 9.71. The Labute approximate surface area is 160 Å². The van der Waals surface area contributed by atoms with Gasteiger partial charge in [0.15, 0.2) is 0 Å². The Morgan fingerprint density at radius 3 is 2.63 bits per heavy atom. The molecule has 146 valence electrons. The minimum Gasteiger partial charge on any atom is -0.355 e. The lowest BCUT2D eigenvalue weighted by Gasteiger charge is -2.24. The number of rotatable bonds is 5. The minimum atomic E-state index is -0.285. The fourth-order valence-electron chi connectivity index (χ4n) is 3.79. The van der Waals surface area contributed by atoms with Gasteiger partial charge in [-0.3, -0.25) is 19.3 Å². The molecule has 2 aliphatic heterocycles. The normalized spacial score (nSPS) is 21.2. The van der Waals surface area contributed by atoms with Gasteiger partial charge >= 0.3 is 0 Å². The van der Waals surface area contributed by atoms with E-state index in [0.717, 1.165) is 18.7 Å². The van der Waals surface area contributed by atoms with Crippen LogP contribution in [0.15, 0.2) is 30.3 Å². The number of nitrogens with zero attached hydrogens (tertiary/aromatic N) is 3. The van der Waals surface area contributed by atoms with Gasteiger partial charge in [-0.15, -0.1) is 0 Å². The molecule has 1 aromatic carbocycles. The fourth-order valence-corrected chi connectivity index (χ4v) is 3.79. The van der Waals surface area contributed by atoms with E-state index in [1.165, 1.54) is 0 Å². The second-order valence-electron chi connectivity index (χ2n) is 7.15. The van der Waals surface area contributed by atoms with Crippen LogP contribution in [0.4, 0.5) is 5.69 Å². The highest BCUT2D eigenvalue weighted by Crippen LogP contribution is 2.26. The summed E-state index contributed by atoms with van der Waals surface area (Å²) in [6, 6.07) is 9.51. The third-order valence-electron chi connectivity index (χ3n) is 5.18. The number of benzene rings is 1. The quantitative estimate of drug-likeness (QED) is 0.826. The summed E-state index contributed by atoms with van der Waals surface area (Å²) < 4.78 is 0. The Balaban J connectivity index is 1.55. The van der Waals surface area contributed by atoms with Gasteiger partial charge in [-0.25, -0.2) is 0 Å². The Bertz CT molecular complexity index is 679. The maximum atomic E-state index is 13.0. The van der Waals surface area contributed by atoms with Gasteiger partial charge in [-0.2, -0.15) is 0 Å². The van der Waals surface area contributed by atoms with Gasteiger partial charge in [0.25, 0.3) is 0 Å². The van der Waals surface area contributed by atoms with Gasteiger partial charge in [0, 0.05) is 51.4 Å². The molecular formula is C20H28N4O3. The van der Waals surface area contributed by atoms with Crippen LogP contribution in [-0.2, 0) is 14.4 Å². The summed E-state index contributed by atoms with van der Waals surface area (Å²) in [7, 11) is 0. The molecule has 7 nitrogen and oxygen atoms in total. The van der Waals surface area contributed by atoms with Crippen molar-refractivity contribution in [3.63, 3.8) is 0 Å². The van der Waals surface area contributed by atoms with Crippen LogP contribution in [0.1, 0.15) is 19.8 Å². The predicted molar refractivity (Wildman–Crippen MR) is 103 cm³/mol. The highest BCUT2D eigenvalue weighted by molar-refractivity contribution is 6.00. The Morgan fingerprint density at radius 1 is 1.11 bits per heavy atom. The van der Waals surface area contributed by atoms with Crippen LogP contribution in [0.5, 0.6) is 0 Å². The van der Waals surface area contributed by atoms with Gasteiger partial charge in [0.2, 0.25) is 17.7 Å². The van der Waals surface area contributed by atoms with Gasteiger partial charge in [-0.05, 0) is 25.5 Å². The fraction of sp³-hybridized carbons (Fsp3) is 0.550. The van der Waals surface area contributed by atoms with E-state index in [0.29, 0.717) is 39.3 Å². The van der Waals surface area contributed by atoms with Crippen LogP contribution < -0.4 is 10.2 Å². The van der Waals surface area contributed by atoms with E-state index in [1.807, 2.05) is 42.2 Å². The lowest BCUT2D eigenvalue weighted by atomic mass is 10.1. The monoisotopic (exact) mass is 372 g/mol. The van der Waals surface area contributed by atoms with E-state index in [1.54, 1.807) is 4.90 Å². The number of para-hydroxylation sites is 1. The third kappa shape index (κ3) is 4.86. The summed E-state index contributed by atoms with van der Waals surface area (Å²) in [4.78, 5) is 42.8. The molecule has 0 aromatic heterocycles. The van der Waals surface area contributed by atoms with E-state index in [9.17, 15) is 14.4 Å². The molecular weight excluding hydrogens is 344 g/mol. The van der Waals surface area contributed by atoms with Gasteiger partial charge < -0.3 is 15.1 Å². The van der Waals surface area contributed by atoms with Crippen molar-refractivity contribution in [3.05, 3.63) is 30.3 Å². The molecule has 2 saturated heterocycles. The van der Waals surface area contributed by atoms with Gasteiger partial charge in [0.05, 0.1) is 12.5 Å². The van der Waals surface area contributed by atoms with Crippen molar-refractivity contribution in [2.45, 2.75) is 19.8 Å². The predicted octanol–water partition coefficient (Wildman–Crippen LogP) is 0.710. The Kier molecular flexibility index (Phi) is 6.45. The van der Waals surface area contributed by atoms with Crippen molar-refractivity contribution in [2.75, 3.05) is 50.7 Å². The molecule has 27 heavy (non-hydrogen) atoms. The maximum Gasteiger partial charge on any atom is 0.234 e. The number of nitrogens with one attached hydrogen (secondary N) is 1. The first-order chi connectivity index (χ1) is 13.1. The number of carbonyl (C=O) groups is 3. The lowest BCUT2D eigenvalue weighted by molar-refractivity contribution is -0.135. The average molecular weight is 372 g/mol. The zero-order valence-electron chi connectivity index (χ0n) is 15.9. The Morgan fingerprint density at radius 2 is 1.89 bits per heavy atom. The summed E-state index contributed by atoms with van der Waals surface area (Å²) >= 11 is 0. The van der Waals surface area contributed by atoms with E-state index < -0.39 is 0 Å².